The fourth-order valence-electron chi connectivity index (χ4n) is 3.54. The second-order valence-corrected chi connectivity index (χ2v) is 6.52. The molecule has 2 aromatic rings. The third kappa shape index (κ3) is 2.75. The van der Waals surface area contributed by atoms with Crippen molar-refractivity contribution in [3.8, 4) is 0 Å². The Bertz CT molecular complexity index is 755. The highest BCUT2D eigenvalue weighted by molar-refractivity contribution is 5.82. The van der Waals surface area contributed by atoms with E-state index >= 15 is 0 Å². The molecule has 25 heavy (non-hydrogen) atoms. The van der Waals surface area contributed by atoms with Gasteiger partial charge in [0.25, 0.3) is 0 Å². The summed E-state index contributed by atoms with van der Waals surface area (Å²) in [4.78, 5) is 12.7. The summed E-state index contributed by atoms with van der Waals surface area (Å²) >= 11 is 0. The van der Waals surface area contributed by atoms with E-state index in [2.05, 4.69) is 20.3 Å². The molecule has 2 fully saturated rings. The molecule has 10 heteroatoms. The smallest absolute Gasteiger partial charge is 0.167 e. The van der Waals surface area contributed by atoms with E-state index in [1.807, 2.05) is 0 Å². The first-order chi connectivity index (χ1) is 12.1. The molecule has 2 unspecified atom stereocenters. The summed E-state index contributed by atoms with van der Waals surface area (Å²) < 4.78 is 7.04. The number of nitrogens with zero attached hydrogens (tertiary/aromatic N) is 4. The minimum Gasteiger partial charge on any atom is -0.394 e. The number of aliphatic hydroxyl groups excluding tert-OH is 4. The van der Waals surface area contributed by atoms with Gasteiger partial charge in [-0.25, -0.2) is 15.0 Å². The highest BCUT2D eigenvalue weighted by atomic mass is 16.6. The Hall–Kier alpha value is -1.85. The Kier molecular flexibility index (Phi) is 4.29. The van der Waals surface area contributed by atoms with E-state index in [0.717, 1.165) is 19.3 Å². The van der Waals surface area contributed by atoms with E-state index in [0.29, 0.717) is 17.0 Å². The van der Waals surface area contributed by atoms with Gasteiger partial charge in [-0.05, 0) is 19.3 Å². The molecule has 136 valence electrons. The summed E-state index contributed by atoms with van der Waals surface area (Å²) in [5.74, 6) is 0.501. The molecule has 3 heterocycles. The third-order valence-corrected chi connectivity index (χ3v) is 4.95. The fraction of sp³-hybridized carbons (Fsp3) is 0.667. The number of nitrogens with one attached hydrogen (secondary N) is 1. The molecule has 5 N–H and O–H groups in total. The summed E-state index contributed by atoms with van der Waals surface area (Å²) in [6.07, 6.45) is 0.768. The predicted octanol–water partition coefficient (Wildman–Crippen LogP) is -1.24. The maximum atomic E-state index is 10.2. The average Bonchev–Trinajstić information content (AvgIpc) is 3.29. The number of rotatable bonds is 4. The lowest BCUT2D eigenvalue weighted by atomic mass is 10.1. The second-order valence-electron chi connectivity index (χ2n) is 6.52. The van der Waals surface area contributed by atoms with Crippen molar-refractivity contribution in [2.45, 2.75) is 55.9 Å². The van der Waals surface area contributed by atoms with Gasteiger partial charge in [0.15, 0.2) is 23.2 Å². The fourth-order valence-corrected chi connectivity index (χ4v) is 3.54. The Morgan fingerprint density at radius 3 is 2.68 bits per heavy atom. The summed E-state index contributed by atoms with van der Waals surface area (Å²) in [6.45, 7) is -0.400. The molecule has 2 aromatic heterocycles. The van der Waals surface area contributed by atoms with Gasteiger partial charge in [0, 0.05) is 0 Å². The number of hydrogen-bond donors (Lipinski definition) is 5. The number of aliphatic hydroxyl groups is 4. The quantitative estimate of drug-likeness (QED) is 0.456. The minimum absolute atomic E-state index is 0.0860. The van der Waals surface area contributed by atoms with E-state index in [-0.39, 0.29) is 6.04 Å². The predicted molar refractivity (Wildman–Crippen MR) is 85.6 cm³/mol. The molecule has 0 bridgehead atoms. The molecule has 0 amide bonds. The van der Waals surface area contributed by atoms with Crippen molar-refractivity contribution in [3.05, 3.63) is 12.7 Å². The molecule has 1 aliphatic heterocycles. The van der Waals surface area contributed by atoms with Crippen molar-refractivity contribution >= 4 is 17.0 Å². The zero-order chi connectivity index (χ0) is 17.6. The van der Waals surface area contributed by atoms with Crippen LogP contribution in [0.15, 0.2) is 12.7 Å². The van der Waals surface area contributed by atoms with Gasteiger partial charge in [-0.2, -0.15) is 0 Å². The normalized spacial score (nSPS) is 35.5. The van der Waals surface area contributed by atoms with Crippen LogP contribution in [-0.2, 0) is 4.74 Å². The van der Waals surface area contributed by atoms with Crippen LogP contribution in [0.2, 0.25) is 0 Å². The number of fused-ring (bicyclic) bond motifs is 1. The van der Waals surface area contributed by atoms with E-state index in [4.69, 9.17) is 4.74 Å². The van der Waals surface area contributed by atoms with Crippen molar-refractivity contribution in [3.63, 3.8) is 0 Å². The first kappa shape index (κ1) is 16.6. The summed E-state index contributed by atoms with van der Waals surface area (Å²) in [6, 6.07) is -0.0860. The molecular weight excluding hydrogens is 330 g/mol. The van der Waals surface area contributed by atoms with E-state index in [1.54, 1.807) is 0 Å². The molecule has 2 aliphatic rings. The van der Waals surface area contributed by atoms with Crippen LogP contribution < -0.4 is 5.32 Å². The van der Waals surface area contributed by atoms with Crippen molar-refractivity contribution in [2.75, 3.05) is 11.9 Å². The number of anilines is 1. The minimum atomic E-state index is -1.21. The summed E-state index contributed by atoms with van der Waals surface area (Å²) in [5, 5.41) is 42.6. The van der Waals surface area contributed by atoms with Crippen LogP contribution in [0.4, 0.5) is 5.82 Å². The van der Waals surface area contributed by atoms with E-state index in [1.165, 1.54) is 17.2 Å². The zero-order valence-electron chi connectivity index (χ0n) is 13.4. The Morgan fingerprint density at radius 2 is 2.00 bits per heavy atom. The maximum absolute atomic E-state index is 10.2. The van der Waals surface area contributed by atoms with Crippen molar-refractivity contribution in [1.82, 2.24) is 19.5 Å². The monoisotopic (exact) mass is 351 g/mol. The number of aromatic nitrogens is 4. The lowest BCUT2D eigenvalue weighted by Gasteiger charge is -2.18. The Labute approximate surface area is 143 Å². The van der Waals surface area contributed by atoms with Crippen LogP contribution in [-0.4, -0.2) is 77.0 Å². The number of imidazole rings is 1. The van der Waals surface area contributed by atoms with Crippen molar-refractivity contribution < 1.29 is 25.2 Å². The molecule has 4 rings (SSSR count). The van der Waals surface area contributed by atoms with Gasteiger partial charge < -0.3 is 30.5 Å². The topological polar surface area (TPSA) is 146 Å². The molecular formula is C15H21N5O5. The van der Waals surface area contributed by atoms with Crippen LogP contribution in [0.25, 0.3) is 11.2 Å². The molecule has 0 spiro atoms. The zero-order valence-corrected chi connectivity index (χ0v) is 13.4. The highest BCUT2D eigenvalue weighted by Gasteiger charge is 2.44. The van der Waals surface area contributed by atoms with Gasteiger partial charge in [-0.15, -0.1) is 0 Å². The maximum Gasteiger partial charge on any atom is 0.167 e. The molecule has 10 nitrogen and oxygen atoms in total. The third-order valence-electron chi connectivity index (χ3n) is 4.95. The Morgan fingerprint density at radius 1 is 1.16 bits per heavy atom. The van der Waals surface area contributed by atoms with Gasteiger partial charge >= 0.3 is 0 Å². The molecule has 1 aliphatic carbocycles. The van der Waals surface area contributed by atoms with Crippen LogP contribution in [0.5, 0.6) is 0 Å². The van der Waals surface area contributed by atoms with Crippen molar-refractivity contribution in [1.29, 1.82) is 0 Å². The van der Waals surface area contributed by atoms with Gasteiger partial charge in [0.05, 0.1) is 25.1 Å². The molecule has 1 saturated carbocycles. The molecule has 1 saturated heterocycles. The first-order valence-electron chi connectivity index (χ1n) is 8.34. The summed E-state index contributed by atoms with van der Waals surface area (Å²) in [5.41, 5.74) is 0.916. The van der Waals surface area contributed by atoms with Crippen LogP contribution in [0.3, 0.4) is 0 Å². The molecule has 0 radical (unpaired) electrons. The lowest BCUT2D eigenvalue weighted by molar-refractivity contribution is -0.0511. The number of hydrogen-bond acceptors (Lipinski definition) is 9. The standard InChI is InChI=1S/C15H21N5O5/c21-4-9-11(23)12(24)15(25-9)20-6-18-10-13(16-5-17-14(10)20)19-7-2-1-3-8(7)22/h5-9,11-12,15,21-24H,1-4H2,(H,16,17,19)/t7?,8?,9-,11+,12+,15-/m1/s1. The van der Waals surface area contributed by atoms with Crippen LogP contribution in [0, 0.1) is 0 Å². The molecule has 0 aromatic carbocycles. The summed E-state index contributed by atoms with van der Waals surface area (Å²) in [7, 11) is 0. The van der Waals surface area contributed by atoms with Crippen molar-refractivity contribution in [2.24, 2.45) is 0 Å². The Balaban J connectivity index is 1.65. The second kappa shape index (κ2) is 6.46. The lowest BCUT2D eigenvalue weighted by Crippen LogP contribution is -2.33. The average molecular weight is 351 g/mol. The van der Waals surface area contributed by atoms with Gasteiger partial charge in [0.2, 0.25) is 0 Å². The first-order valence-corrected chi connectivity index (χ1v) is 8.34. The van der Waals surface area contributed by atoms with E-state index < -0.39 is 37.3 Å². The number of ether oxygens (including phenoxy) is 1. The SMILES string of the molecule is OC[C@H]1O[C@@H](n2cnc3c(NC4CCCC4O)ncnc32)[C@@H](O)[C@H]1O. The van der Waals surface area contributed by atoms with E-state index in [9.17, 15) is 20.4 Å². The van der Waals surface area contributed by atoms with Gasteiger partial charge in [-0.1, -0.05) is 0 Å². The molecule has 6 atom stereocenters. The van der Waals surface area contributed by atoms with Gasteiger partial charge in [-0.3, -0.25) is 4.57 Å². The van der Waals surface area contributed by atoms with Crippen LogP contribution in [0.1, 0.15) is 25.5 Å². The van der Waals surface area contributed by atoms with Crippen LogP contribution >= 0.6 is 0 Å². The largest absolute Gasteiger partial charge is 0.394 e. The van der Waals surface area contributed by atoms with Gasteiger partial charge in [0.1, 0.15) is 24.6 Å². The highest BCUT2D eigenvalue weighted by Crippen LogP contribution is 2.32.